The Morgan fingerprint density at radius 1 is 1.04 bits per heavy atom. The Kier molecular flexibility index (Phi) is 6.10. The maximum absolute atomic E-state index is 12.5. The summed E-state index contributed by atoms with van der Waals surface area (Å²) in [6, 6.07) is 11.8. The summed E-state index contributed by atoms with van der Waals surface area (Å²) in [5, 5.41) is 12.1. The maximum Gasteiger partial charge on any atom is 0.313 e. The van der Waals surface area contributed by atoms with Crippen molar-refractivity contribution < 1.29 is 24.2 Å². The van der Waals surface area contributed by atoms with E-state index in [1.807, 2.05) is 13.8 Å². The second-order valence-corrected chi connectivity index (χ2v) is 6.99. The van der Waals surface area contributed by atoms with Gasteiger partial charge in [0, 0.05) is 11.3 Å². The van der Waals surface area contributed by atoms with Crippen molar-refractivity contribution in [2.75, 3.05) is 12.4 Å². The summed E-state index contributed by atoms with van der Waals surface area (Å²) >= 11 is 0. The molecule has 0 aliphatic heterocycles. The number of carbonyl (C=O) groups excluding carboxylic acids is 1. The van der Waals surface area contributed by atoms with Crippen LogP contribution in [0.1, 0.15) is 43.6 Å². The molecule has 144 valence electrons. The van der Waals surface area contributed by atoms with Crippen LogP contribution in [0.3, 0.4) is 0 Å². The fraction of sp³-hybridized carbons (Fsp3) is 0.333. The molecule has 0 heterocycles. The van der Waals surface area contributed by atoms with Crippen molar-refractivity contribution in [2.24, 2.45) is 0 Å². The number of nitrogens with one attached hydrogen (secondary N) is 1. The van der Waals surface area contributed by atoms with Gasteiger partial charge in [-0.05, 0) is 63.6 Å². The lowest BCUT2D eigenvalue weighted by Gasteiger charge is -2.20. The van der Waals surface area contributed by atoms with E-state index in [9.17, 15) is 14.7 Å². The van der Waals surface area contributed by atoms with Gasteiger partial charge in [0.1, 0.15) is 0 Å². The van der Waals surface area contributed by atoms with Gasteiger partial charge in [-0.3, -0.25) is 9.59 Å². The molecular formula is C21H25NO5. The Morgan fingerprint density at radius 3 is 2.19 bits per heavy atom. The molecule has 27 heavy (non-hydrogen) atoms. The van der Waals surface area contributed by atoms with Crippen LogP contribution in [0.25, 0.3) is 0 Å². The standard InChI is InChI=1S/C21H25NO5/c1-13(2)27-17-11-6-14(12-18(17)26-5)19(23)22-16-9-7-15(8-10-16)21(3,4)20(24)25/h6-13H,1-5H3,(H,22,23)(H,24,25). The third-order valence-corrected chi connectivity index (χ3v) is 4.19. The van der Waals surface area contributed by atoms with E-state index in [-0.39, 0.29) is 12.0 Å². The number of carboxylic acids is 1. The van der Waals surface area contributed by atoms with Crippen LogP contribution >= 0.6 is 0 Å². The Hall–Kier alpha value is -3.02. The molecule has 2 aromatic carbocycles. The Bertz CT molecular complexity index is 825. The van der Waals surface area contributed by atoms with Gasteiger partial charge in [0.25, 0.3) is 5.91 Å². The maximum atomic E-state index is 12.5. The number of hydrogen-bond donors (Lipinski definition) is 2. The van der Waals surface area contributed by atoms with Crippen LogP contribution in [0.4, 0.5) is 5.69 Å². The molecule has 1 amide bonds. The van der Waals surface area contributed by atoms with Crippen LogP contribution in [0, 0.1) is 0 Å². The van der Waals surface area contributed by atoms with E-state index in [0.29, 0.717) is 28.3 Å². The van der Waals surface area contributed by atoms with Gasteiger partial charge in [0.15, 0.2) is 11.5 Å². The number of carboxylic acid groups (broad SMARTS) is 1. The molecule has 0 spiro atoms. The number of ether oxygens (including phenoxy) is 2. The zero-order valence-electron chi connectivity index (χ0n) is 16.2. The predicted molar refractivity (Wildman–Crippen MR) is 104 cm³/mol. The van der Waals surface area contributed by atoms with E-state index < -0.39 is 11.4 Å². The molecule has 0 radical (unpaired) electrons. The third kappa shape index (κ3) is 4.78. The summed E-state index contributed by atoms with van der Waals surface area (Å²) in [5.74, 6) is -0.149. The highest BCUT2D eigenvalue weighted by atomic mass is 16.5. The van der Waals surface area contributed by atoms with E-state index >= 15 is 0 Å². The van der Waals surface area contributed by atoms with Crippen LogP contribution in [0.15, 0.2) is 42.5 Å². The third-order valence-electron chi connectivity index (χ3n) is 4.19. The molecule has 2 N–H and O–H groups in total. The Morgan fingerprint density at radius 2 is 1.67 bits per heavy atom. The predicted octanol–water partition coefficient (Wildman–Crippen LogP) is 4.10. The summed E-state index contributed by atoms with van der Waals surface area (Å²) < 4.78 is 11.0. The van der Waals surface area contributed by atoms with E-state index in [2.05, 4.69) is 5.32 Å². The molecule has 0 aliphatic carbocycles. The number of rotatable bonds is 7. The van der Waals surface area contributed by atoms with E-state index in [0.717, 1.165) is 0 Å². The lowest BCUT2D eigenvalue weighted by molar-refractivity contribution is -0.142. The normalized spacial score (nSPS) is 11.2. The van der Waals surface area contributed by atoms with Gasteiger partial charge < -0.3 is 19.9 Å². The molecule has 0 saturated carbocycles. The number of carbonyl (C=O) groups is 2. The molecule has 2 rings (SSSR count). The van der Waals surface area contributed by atoms with Gasteiger partial charge in [0.2, 0.25) is 0 Å². The van der Waals surface area contributed by atoms with Crippen LogP contribution in [-0.2, 0) is 10.2 Å². The van der Waals surface area contributed by atoms with Gasteiger partial charge in [-0.25, -0.2) is 0 Å². The Labute approximate surface area is 159 Å². The number of benzene rings is 2. The monoisotopic (exact) mass is 371 g/mol. The molecule has 0 saturated heterocycles. The number of methoxy groups -OCH3 is 1. The molecule has 2 aromatic rings. The van der Waals surface area contributed by atoms with Crippen LogP contribution < -0.4 is 14.8 Å². The number of aliphatic carboxylic acids is 1. The lowest BCUT2D eigenvalue weighted by atomic mass is 9.85. The number of amides is 1. The second kappa shape index (κ2) is 8.12. The summed E-state index contributed by atoms with van der Waals surface area (Å²) in [7, 11) is 1.52. The molecule has 0 aliphatic rings. The zero-order chi connectivity index (χ0) is 20.2. The van der Waals surface area contributed by atoms with Crippen molar-refractivity contribution in [2.45, 2.75) is 39.2 Å². The molecular weight excluding hydrogens is 346 g/mol. The summed E-state index contributed by atoms with van der Waals surface area (Å²) in [6.07, 6.45) is -0.00727. The topological polar surface area (TPSA) is 84.9 Å². The van der Waals surface area contributed by atoms with E-state index in [1.54, 1.807) is 56.3 Å². The molecule has 0 unspecified atom stereocenters. The average Bonchev–Trinajstić information content (AvgIpc) is 2.61. The van der Waals surface area contributed by atoms with Gasteiger partial charge in [-0.15, -0.1) is 0 Å². The molecule has 0 atom stereocenters. The van der Waals surface area contributed by atoms with Crippen molar-refractivity contribution >= 4 is 17.6 Å². The minimum absolute atomic E-state index is 0.00727. The first-order chi connectivity index (χ1) is 12.6. The summed E-state index contributed by atoms with van der Waals surface area (Å²) in [6.45, 7) is 7.09. The van der Waals surface area contributed by atoms with Crippen molar-refractivity contribution in [1.82, 2.24) is 0 Å². The van der Waals surface area contributed by atoms with Gasteiger partial charge in [0.05, 0.1) is 18.6 Å². The van der Waals surface area contributed by atoms with Gasteiger partial charge in [-0.2, -0.15) is 0 Å². The second-order valence-electron chi connectivity index (χ2n) is 6.99. The van der Waals surface area contributed by atoms with Gasteiger partial charge >= 0.3 is 5.97 Å². The first-order valence-corrected chi connectivity index (χ1v) is 8.65. The van der Waals surface area contributed by atoms with Crippen LogP contribution in [0.5, 0.6) is 11.5 Å². The fourth-order valence-electron chi connectivity index (χ4n) is 2.46. The quantitative estimate of drug-likeness (QED) is 0.765. The lowest BCUT2D eigenvalue weighted by Crippen LogP contribution is -2.28. The van der Waals surface area contributed by atoms with E-state index in [1.165, 1.54) is 7.11 Å². The summed E-state index contributed by atoms with van der Waals surface area (Å²) in [5.41, 5.74) is 0.663. The molecule has 6 heteroatoms. The average molecular weight is 371 g/mol. The van der Waals surface area contributed by atoms with Crippen molar-refractivity contribution in [3.05, 3.63) is 53.6 Å². The van der Waals surface area contributed by atoms with E-state index in [4.69, 9.17) is 9.47 Å². The highest BCUT2D eigenvalue weighted by molar-refractivity contribution is 6.04. The Balaban J connectivity index is 2.16. The molecule has 6 nitrogen and oxygen atoms in total. The molecule has 0 fully saturated rings. The zero-order valence-corrected chi connectivity index (χ0v) is 16.2. The van der Waals surface area contributed by atoms with Crippen LogP contribution in [0.2, 0.25) is 0 Å². The first-order valence-electron chi connectivity index (χ1n) is 8.65. The van der Waals surface area contributed by atoms with Crippen molar-refractivity contribution in [3.8, 4) is 11.5 Å². The fourth-order valence-corrected chi connectivity index (χ4v) is 2.46. The van der Waals surface area contributed by atoms with Crippen molar-refractivity contribution in [3.63, 3.8) is 0 Å². The largest absolute Gasteiger partial charge is 0.493 e. The number of hydrogen-bond acceptors (Lipinski definition) is 4. The minimum atomic E-state index is -0.998. The van der Waals surface area contributed by atoms with Crippen molar-refractivity contribution in [1.29, 1.82) is 0 Å². The number of anilines is 1. The smallest absolute Gasteiger partial charge is 0.313 e. The minimum Gasteiger partial charge on any atom is -0.493 e. The first kappa shape index (κ1) is 20.3. The highest BCUT2D eigenvalue weighted by Crippen LogP contribution is 2.29. The molecule has 0 bridgehead atoms. The summed E-state index contributed by atoms with van der Waals surface area (Å²) in [4.78, 5) is 23.8. The molecule has 0 aromatic heterocycles. The SMILES string of the molecule is COc1cc(C(=O)Nc2ccc(C(C)(C)C(=O)O)cc2)ccc1OC(C)C. The highest BCUT2D eigenvalue weighted by Gasteiger charge is 2.29. The van der Waals surface area contributed by atoms with Gasteiger partial charge in [-0.1, -0.05) is 12.1 Å². The van der Waals surface area contributed by atoms with Crippen LogP contribution in [-0.4, -0.2) is 30.2 Å².